The summed E-state index contributed by atoms with van der Waals surface area (Å²) in [7, 11) is 0. The molecular formula is C17H20ClN5O4. The van der Waals surface area contributed by atoms with Crippen molar-refractivity contribution in [1.82, 2.24) is 10.9 Å². The Balaban J connectivity index is 1.84. The predicted molar refractivity (Wildman–Crippen MR) is 99.6 cm³/mol. The number of carbonyl (C=O) groups is 4. The molecule has 5 N–H and O–H groups in total. The zero-order valence-corrected chi connectivity index (χ0v) is 15.2. The fourth-order valence-electron chi connectivity index (χ4n) is 2.72. The summed E-state index contributed by atoms with van der Waals surface area (Å²) in [6.07, 6.45) is 1.96. The summed E-state index contributed by atoms with van der Waals surface area (Å²) in [5.41, 5.74) is 4.86. The van der Waals surface area contributed by atoms with E-state index in [1.165, 1.54) is 0 Å². The van der Waals surface area contributed by atoms with Gasteiger partial charge in [-0.15, -0.1) is 0 Å². The molecule has 144 valence electrons. The number of nitrogens with one attached hydrogen (secondary N) is 3. The van der Waals surface area contributed by atoms with Crippen molar-refractivity contribution in [2.24, 2.45) is 16.9 Å². The van der Waals surface area contributed by atoms with Gasteiger partial charge in [0.15, 0.2) is 0 Å². The maximum atomic E-state index is 12.4. The number of nitrogens with two attached hydrogens (primary N) is 1. The second-order valence-electron chi connectivity index (χ2n) is 5.98. The van der Waals surface area contributed by atoms with Gasteiger partial charge in [-0.25, -0.2) is 11.3 Å². The van der Waals surface area contributed by atoms with Crippen LogP contribution in [-0.4, -0.2) is 29.2 Å². The topological polar surface area (TPSA) is 143 Å². The third-order valence-corrected chi connectivity index (χ3v) is 4.33. The van der Waals surface area contributed by atoms with Crippen LogP contribution in [0.15, 0.2) is 29.4 Å². The van der Waals surface area contributed by atoms with E-state index < -0.39 is 17.7 Å². The number of hydrogen-bond acceptors (Lipinski definition) is 6. The molecule has 1 saturated carbocycles. The van der Waals surface area contributed by atoms with Gasteiger partial charge in [0.2, 0.25) is 5.91 Å². The summed E-state index contributed by atoms with van der Waals surface area (Å²) in [5.74, 6) is 1.94. The normalized spacial score (nSPS) is 17.4. The maximum absolute atomic E-state index is 12.4. The lowest BCUT2D eigenvalue weighted by Crippen LogP contribution is -2.41. The fourth-order valence-corrected chi connectivity index (χ4v) is 2.84. The first-order valence-corrected chi connectivity index (χ1v) is 8.74. The van der Waals surface area contributed by atoms with E-state index in [1.807, 2.05) is 0 Å². The zero-order chi connectivity index (χ0) is 19.8. The van der Waals surface area contributed by atoms with Gasteiger partial charge in [0, 0.05) is 29.3 Å². The first kappa shape index (κ1) is 20.5. The molecule has 0 heterocycles. The first-order chi connectivity index (χ1) is 12.9. The number of anilines is 1. The molecule has 1 atom stereocenters. The summed E-state index contributed by atoms with van der Waals surface area (Å²) in [4.78, 5) is 46.8. The van der Waals surface area contributed by atoms with Gasteiger partial charge in [-0.05, 0) is 43.5 Å². The molecule has 1 aliphatic rings. The molecule has 0 bridgehead atoms. The van der Waals surface area contributed by atoms with Crippen LogP contribution >= 0.6 is 11.6 Å². The van der Waals surface area contributed by atoms with Gasteiger partial charge in [-0.2, -0.15) is 5.10 Å². The highest BCUT2D eigenvalue weighted by Crippen LogP contribution is 2.25. The largest absolute Gasteiger partial charge is 0.330 e. The Kier molecular flexibility index (Phi) is 7.44. The zero-order valence-electron chi connectivity index (χ0n) is 14.5. The Morgan fingerprint density at radius 3 is 2.48 bits per heavy atom. The summed E-state index contributed by atoms with van der Waals surface area (Å²) < 4.78 is 0. The maximum Gasteiger partial charge on any atom is 0.330 e. The molecule has 3 amide bonds. The molecule has 0 aliphatic heterocycles. The molecule has 1 fully saturated rings. The summed E-state index contributed by atoms with van der Waals surface area (Å²) >= 11 is 5.78. The van der Waals surface area contributed by atoms with E-state index in [-0.39, 0.29) is 24.5 Å². The molecule has 2 rings (SSSR count). The fraction of sp³-hybridized carbons (Fsp3) is 0.353. The minimum absolute atomic E-state index is 0.0349. The van der Waals surface area contributed by atoms with Gasteiger partial charge in [0.1, 0.15) is 5.78 Å². The molecule has 0 spiro atoms. The lowest BCUT2D eigenvalue weighted by atomic mass is 9.97. The van der Waals surface area contributed by atoms with Crippen LogP contribution in [0.2, 0.25) is 5.02 Å². The van der Waals surface area contributed by atoms with Crippen LogP contribution in [-0.2, 0) is 19.2 Å². The van der Waals surface area contributed by atoms with Gasteiger partial charge >= 0.3 is 11.8 Å². The van der Waals surface area contributed by atoms with E-state index in [2.05, 4.69) is 15.8 Å². The van der Waals surface area contributed by atoms with Crippen molar-refractivity contribution in [3.05, 3.63) is 29.3 Å². The number of ketones is 1. The average Bonchev–Trinajstić information content (AvgIpc) is 3.14. The molecule has 27 heavy (non-hydrogen) atoms. The second kappa shape index (κ2) is 9.79. The minimum atomic E-state index is -1.03. The molecule has 1 aliphatic carbocycles. The lowest BCUT2D eigenvalue weighted by molar-refractivity contribution is -0.139. The highest BCUT2D eigenvalue weighted by Gasteiger charge is 2.29. The Bertz CT molecular complexity index is 763. The number of halogens is 1. The van der Waals surface area contributed by atoms with Crippen LogP contribution in [0.5, 0.6) is 0 Å². The van der Waals surface area contributed by atoms with Gasteiger partial charge in [-0.1, -0.05) is 11.6 Å². The SMILES string of the molecule is NNC(=O)C(=O)N/N=C1\CCC[C@@H]1C(=O)CCC(=O)Nc1ccc(Cl)cc1. The van der Waals surface area contributed by atoms with Crippen molar-refractivity contribution in [1.29, 1.82) is 0 Å². The Labute approximate surface area is 160 Å². The van der Waals surface area contributed by atoms with Crippen molar-refractivity contribution in [3.8, 4) is 0 Å². The highest BCUT2D eigenvalue weighted by atomic mass is 35.5. The minimum Gasteiger partial charge on any atom is -0.326 e. The molecule has 0 aromatic heterocycles. The molecule has 0 unspecified atom stereocenters. The quantitative estimate of drug-likeness (QED) is 0.245. The van der Waals surface area contributed by atoms with Crippen molar-refractivity contribution < 1.29 is 19.2 Å². The van der Waals surface area contributed by atoms with Gasteiger partial charge < -0.3 is 5.32 Å². The lowest BCUT2D eigenvalue weighted by Gasteiger charge is -2.10. The third-order valence-electron chi connectivity index (χ3n) is 4.08. The summed E-state index contributed by atoms with van der Waals surface area (Å²) in [5, 5.41) is 7.12. The summed E-state index contributed by atoms with van der Waals surface area (Å²) in [6.45, 7) is 0. The van der Waals surface area contributed by atoms with Crippen LogP contribution < -0.4 is 22.0 Å². The first-order valence-electron chi connectivity index (χ1n) is 8.36. The van der Waals surface area contributed by atoms with Crippen LogP contribution in [0.4, 0.5) is 5.69 Å². The Morgan fingerprint density at radius 1 is 1.11 bits per heavy atom. The standard InChI is InChI=1S/C17H20ClN5O4/c18-10-4-6-11(7-5-10)20-15(25)9-8-14(24)12-2-1-3-13(12)22-23-17(27)16(26)21-19/h4-7,12H,1-3,8-9,19H2,(H,20,25)(H,21,26)(H,23,27)/b22-13+/t12-/m0/s1. The van der Waals surface area contributed by atoms with Crippen molar-refractivity contribution in [2.45, 2.75) is 32.1 Å². The van der Waals surface area contributed by atoms with E-state index in [1.54, 1.807) is 29.7 Å². The van der Waals surface area contributed by atoms with Gasteiger partial charge in [0.05, 0.1) is 5.92 Å². The molecule has 0 radical (unpaired) electrons. The van der Waals surface area contributed by atoms with Crippen LogP contribution in [0.25, 0.3) is 0 Å². The van der Waals surface area contributed by atoms with E-state index in [4.69, 9.17) is 17.4 Å². The number of nitrogens with zero attached hydrogens (tertiary/aromatic N) is 1. The molecule has 9 nitrogen and oxygen atoms in total. The van der Waals surface area contributed by atoms with E-state index in [0.717, 1.165) is 6.42 Å². The van der Waals surface area contributed by atoms with Gasteiger partial charge in [0.25, 0.3) is 0 Å². The van der Waals surface area contributed by atoms with Crippen molar-refractivity contribution in [2.75, 3.05) is 5.32 Å². The number of hydrogen-bond donors (Lipinski definition) is 4. The van der Waals surface area contributed by atoms with Gasteiger partial charge in [-0.3, -0.25) is 24.6 Å². The number of hydrazone groups is 1. The molecule has 0 saturated heterocycles. The van der Waals surface area contributed by atoms with Crippen molar-refractivity contribution in [3.63, 3.8) is 0 Å². The number of hydrazine groups is 1. The van der Waals surface area contributed by atoms with Crippen LogP contribution in [0.1, 0.15) is 32.1 Å². The Hall–Kier alpha value is -2.78. The Morgan fingerprint density at radius 2 is 1.81 bits per heavy atom. The summed E-state index contributed by atoms with van der Waals surface area (Å²) in [6, 6.07) is 6.65. The highest BCUT2D eigenvalue weighted by molar-refractivity contribution is 6.35. The van der Waals surface area contributed by atoms with Crippen molar-refractivity contribution >= 4 is 46.5 Å². The van der Waals surface area contributed by atoms with Crippen LogP contribution in [0.3, 0.4) is 0 Å². The number of Topliss-reactive ketones (excluding diaryl/α,β-unsaturated/α-hetero) is 1. The monoisotopic (exact) mass is 393 g/mol. The number of benzene rings is 1. The molecule has 1 aromatic rings. The third kappa shape index (κ3) is 6.15. The average molecular weight is 394 g/mol. The predicted octanol–water partition coefficient (Wildman–Crippen LogP) is 0.890. The van der Waals surface area contributed by atoms with E-state index in [9.17, 15) is 19.2 Å². The smallest absolute Gasteiger partial charge is 0.326 e. The number of rotatable bonds is 6. The molecular weight excluding hydrogens is 374 g/mol. The van der Waals surface area contributed by atoms with E-state index >= 15 is 0 Å². The molecule has 10 heteroatoms. The number of carbonyl (C=O) groups excluding carboxylic acids is 4. The molecule has 1 aromatic carbocycles. The second-order valence-corrected chi connectivity index (χ2v) is 6.42. The van der Waals surface area contributed by atoms with E-state index in [0.29, 0.717) is 29.3 Å². The van der Waals surface area contributed by atoms with Crippen LogP contribution in [0, 0.1) is 5.92 Å². The number of amides is 3.